The highest BCUT2D eigenvalue weighted by Crippen LogP contribution is 2.41. The van der Waals surface area contributed by atoms with Gasteiger partial charge < -0.3 is 24.2 Å². The van der Waals surface area contributed by atoms with Crippen LogP contribution >= 0.6 is 0 Å². The number of methoxy groups -OCH3 is 2. The van der Waals surface area contributed by atoms with Crippen molar-refractivity contribution in [1.29, 1.82) is 0 Å². The van der Waals surface area contributed by atoms with Crippen LogP contribution in [0.4, 0.5) is 0 Å². The highest BCUT2D eigenvalue weighted by Gasteiger charge is 2.46. The Balaban J connectivity index is 1.53. The van der Waals surface area contributed by atoms with Gasteiger partial charge in [-0.3, -0.25) is 9.59 Å². The van der Waals surface area contributed by atoms with Gasteiger partial charge >= 0.3 is 0 Å². The zero-order valence-electron chi connectivity index (χ0n) is 21.1. The third-order valence-corrected chi connectivity index (χ3v) is 6.94. The van der Waals surface area contributed by atoms with Crippen LogP contribution in [0.3, 0.4) is 0 Å². The maximum absolute atomic E-state index is 13.3. The van der Waals surface area contributed by atoms with Crippen molar-refractivity contribution in [3.8, 4) is 17.2 Å². The summed E-state index contributed by atoms with van der Waals surface area (Å²) in [4.78, 5) is 28.2. The van der Waals surface area contributed by atoms with Crippen LogP contribution in [-0.2, 0) is 22.4 Å². The van der Waals surface area contributed by atoms with Crippen LogP contribution in [0, 0.1) is 0 Å². The van der Waals surface area contributed by atoms with Crippen molar-refractivity contribution in [3.05, 3.63) is 94.6 Å². The molecule has 7 heteroatoms. The molecule has 0 saturated carbocycles. The van der Waals surface area contributed by atoms with E-state index in [4.69, 9.17) is 14.2 Å². The molecule has 2 aliphatic heterocycles. The summed E-state index contributed by atoms with van der Waals surface area (Å²) in [5.74, 6) is 0.666. The van der Waals surface area contributed by atoms with Crippen molar-refractivity contribution < 1.29 is 28.9 Å². The molecule has 0 aromatic heterocycles. The normalized spacial score (nSPS) is 20.0. The van der Waals surface area contributed by atoms with Crippen LogP contribution in [0.25, 0.3) is 5.76 Å². The minimum atomic E-state index is -0.729. The van der Waals surface area contributed by atoms with E-state index in [1.165, 1.54) is 0 Å². The third-order valence-electron chi connectivity index (χ3n) is 6.94. The second kappa shape index (κ2) is 10.0. The van der Waals surface area contributed by atoms with E-state index in [0.29, 0.717) is 30.7 Å². The summed E-state index contributed by atoms with van der Waals surface area (Å²) in [5, 5.41) is 11.4. The zero-order valence-corrected chi connectivity index (χ0v) is 21.1. The van der Waals surface area contributed by atoms with Crippen molar-refractivity contribution in [1.82, 2.24) is 4.90 Å². The molecule has 1 N–H and O–H groups in total. The molecule has 2 heterocycles. The van der Waals surface area contributed by atoms with Gasteiger partial charge in [-0.2, -0.15) is 0 Å². The van der Waals surface area contributed by atoms with Gasteiger partial charge in [-0.1, -0.05) is 24.3 Å². The highest BCUT2D eigenvalue weighted by atomic mass is 16.5. The zero-order chi connectivity index (χ0) is 26.1. The average molecular weight is 500 g/mol. The molecular formula is C30H29NO6. The van der Waals surface area contributed by atoms with E-state index < -0.39 is 17.7 Å². The number of benzene rings is 3. The molecule has 0 radical (unpaired) electrons. The number of aliphatic hydroxyl groups excluding tert-OH is 1. The SMILES string of the molecule is COc1ccc(CCN2C(=O)C(=O)/C(=C(\O)c3ccc4c(c3)CC(C)O4)C2c2ccc(OC)cc2)cc1. The fourth-order valence-corrected chi connectivity index (χ4v) is 5.01. The van der Waals surface area contributed by atoms with Crippen LogP contribution < -0.4 is 14.2 Å². The summed E-state index contributed by atoms with van der Waals surface area (Å²) < 4.78 is 16.3. The maximum Gasteiger partial charge on any atom is 0.295 e. The Labute approximate surface area is 215 Å². The predicted molar refractivity (Wildman–Crippen MR) is 139 cm³/mol. The number of carbonyl (C=O) groups is 2. The first-order chi connectivity index (χ1) is 17.9. The second-order valence-electron chi connectivity index (χ2n) is 9.32. The molecule has 2 unspecified atom stereocenters. The number of aliphatic hydroxyl groups is 1. The lowest BCUT2D eigenvalue weighted by Crippen LogP contribution is -2.31. The molecule has 2 atom stereocenters. The van der Waals surface area contributed by atoms with E-state index in [1.54, 1.807) is 43.4 Å². The first-order valence-electron chi connectivity index (χ1n) is 12.2. The Morgan fingerprint density at radius 3 is 2.27 bits per heavy atom. The molecule has 3 aromatic rings. The Hall–Kier alpha value is -4.26. The smallest absolute Gasteiger partial charge is 0.295 e. The molecule has 0 aliphatic carbocycles. The number of carbonyl (C=O) groups excluding carboxylic acids is 2. The molecule has 2 aliphatic rings. The summed E-state index contributed by atoms with van der Waals surface area (Å²) in [6, 6.07) is 19.4. The summed E-state index contributed by atoms with van der Waals surface area (Å²) in [6.45, 7) is 2.29. The van der Waals surface area contributed by atoms with Crippen LogP contribution in [0.2, 0.25) is 0 Å². The molecule has 0 spiro atoms. The quantitative estimate of drug-likeness (QED) is 0.288. The van der Waals surface area contributed by atoms with Gasteiger partial charge in [-0.25, -0.2) is 0 Å². The van der Waals surface area contributed by atoms with Crippen molar-refractivity contribution in [2.45, 2.75) is 31.9 Å². The number of amides is 1. The molecule has 1 amide bonds. The Kier molecular flexibility index (Phi) is 6.61. The van der Waals surface area contributed by atoms with Gasteiger partial charge in [0, 0.05) is 18.5 Å². The summed E-state index contributed by atoms with van der Waals surface area (Å²) in [7, 11) is 3.19. The molecule has 37 heavy (non-hydrogen) atoms. The van der Waals surface area contributed by atoms with Gasteiger partial charge in [-0.05, 0) is 72.5 Å². The standard InChI is InChI=1S/C30H29NO6/c1-18-16-22-17-21(8-13-25(22)37-18)28(32)26-27(20-6-11-24(36-3)12-7-20)31(30(34)29(26)33)15-14-19-4-9-23(35-2)10-5-19/h4-13,17-18,27,32H,14-16H2,1-3H3/b28-26-. The number of ketones is 1. The van der Waals surface area contributed by atoms with Crippen LogP contribution in [0.5, 0.6) is 17.2 Å². The number of rotatable bonds is 7. The monoisotopic (exact) mass is 499 g/mol. The topological polar surface area (TPSA) is 85.3 Å². The van der Waals surface area contributed by atoms with E-state index in [1.807, 2.05) is 49.4 Å². The van der Waals surface area contributed by atoms with Crippen molar-refractivity contribution in [3.63, 3.8) is 0 Å². The molecule has 1 fully saturated rings. The molecule has 5 rings (SSSR count). The Morgan fingerprint density at radius 1 is 0.973 bits per heavy atom. The number of hydrogen-bond donors (Lipinski definition) is 1. The summed E-state index contributed by atoms with van der Waals surface area (Å²) >= 11 is 0. The predicted octanol–water partition coefficient (Wildman–Crippen LogP) is 4.69. The van der Waals surface area contributed by atoms with E-state index in [2.05, 4.69) is 0 Å². The van der Waals surface area contributed by atoms with Crippen LogP contribution in [0.1, 0.15) is 35.2 Å². The minimum Gasteiger partial charge on any atom is -0.507 e. The largest absolute Gasteiger partial charge is 0.507 e. The van der Waals surface area contributed by atoms with E-state index in [-0.39, 0.29) is 17.4 Å². The Morgan fingerprint density at radius 2 is 1.62 bits per heavy atom. The number of fused-ring (bicyclic) bond motifs is 1. The van der Waals surface area contributed by atoms with Gasteiger partial charge in [0.1, 0.15) is 29.1 Å². The van der Waals surface area contributed by atoms with Crippen LogP contribution in [0.15, 0.2) is 72.3 Å². The van der Waals surface area contributed by atoms with Crippen molar-refractivity contribution in [2.75, 3.05) is 20.8 Å². The van der Waals surface area contributed by atoms with Crippen LogP contribution in [-0.4, -0.2) is 48.6 Å². The summed E-state index contributed by atoms with van der Waals surface area (Å²) in [6.07, 6.45) is 1.31. The molecule has 1 saturated heterocycles. The van der Waals surface area contributed by atoms with Crippen molar-refractivity contribution in [2.24, 2.45) is 0 Å². The number of nitrogens with zero attached hydrogens (tertiary/aromatic N) is 1. The van der Waals surface area contributed by atoms with Gasteiger partial charge in [0.25, 0.3) is 11.7 Å². The first-order valence-corrected chi connectivity index (χ1v) is 12.2. The fraction of sp³-hybridized carbons (Fsp3) is 0.267. The lowest BCUT2D eigenvalue weighted by molar-refractivity contribution is -0.139. The lowest BCUT2D eigenvalue weighted by atomic mass is 9.94. The average Bonchev–Trinajstić information content (AvgIpc) is 3.42. The number of likely N-dealkylation sites (tertiary alicyclic amines) is 1. The van der Waals surface area contributed by atoms with Gasteiger partial charge in [0.05, 0.1) is 25.8 Å². The lowest BCUT2D eigenvalue weighted by Gasteiger charge is -2.25. The van der Waals surface area contributed by atoms with Crippen molar-refractivity contribution >= 4 is 17.4 Å². The van der Waals surface area contributed by atoms with E-state index in [9.17, 15) is 14.7 Å². The first kappa shape index (κ1) is 24.4. The van der Waals surface area contributed by atoms with Gasteiger partial charge in [0.2, 0.25) is 0 Å². The van der Waals surface area contributed by atoms with Gasteiger partial charge in [-0.15, -0.1) is 0 Å². The van der Waals surface area contributed by atoms with E-state index in [0.717, 1.165) is 28.2 Å². The van der Waals surface area contributed by atoms with E-state index >= 15 is 0 Å². The molecule has 3 aromatic carbocycles. The number of ether oxygens (including phenoxy) is 3. The second-order valence-corrected chi connectivity index (χ2v) is 9.32. The Bertz CT molecular complexity index is 1360. The fourth-order valence-electron chi connectivity index (χ4n) is 5.01. The number of hydrogen-bond acceptors (Lipinski definition) is 6. The maximum atomic E-state index is 13.3. The molecule has 7 nitrogen and oxygen atoms in total. The summed E-state index contributed by atoms with van der Waals surface area (Å²) in [5.41, 5.74) is 3.25. The third kappa shape index (κ3) is 4.65. The highest BCUT2D eigenvalue weighted by molar-refractivity contribution is 6.46. The number of Topliss-reactive ketones (excluding diaryl/α,β-unsaturated/α-hetero) is 1. The molecule has 190 valence electrons. The minimum absolute atomic E-state index is 0.0511. The van der Waals surface area contributed by atoms with Gasteiger partial charge in [0.15, 0.2) is 0 Å². The molecular weight excluding hydrogens is 470 g/mol. The molecule has 0 bridgehead atoms.